The summed E-state index contributed by atoms with van der Waals surface area (Å²) in [6.07, 6.45) is 3.91. The predicted molar refractivity (Wildman–Crippen MR) is 80.3 cm³/mol. The van der Waals surface area contributed by atoms with Gasteiger partial charge in [0, 0.05) is 39.9 Å². The molecule has 0 aliphatic carbocycles. The van der Waals surface area contributed by atoms with Gasteiger partial charge in [-0.15, -0.1) is 0 Å². The number of halogens is 1. The van der Waals surface area contributed by atoms with Gasteiger partial charge >= 0.3 is 0 Å². The number of aromatic nitrogens is 4. The monoisotopic (exact) mass is 306 g/mol. The molecule has 0 unspecified atom stereocenters. The van der Waals surface area contributed by atoms with Gasteiger partial charge in [-0.1, -0.05) is 0 Å². The molecule has 0 radical (unpaired) electrons. The number of anilines is 1. The lowest BCUT2D eigenvalue weighted by Gasteiger charge is -2.36. The molecule has 3 heterocycles. The number of hydrogen-bond donors (Lipinski definition) is 1. The number of nitrogens with zero attached hydrogens (tertiary/aromatic N) is 5. The summed E-state index contributed by atoms with van der Waals surface area (Å²) in [5.74, 6) is 0.539. The molecule has 3 rings (SSSR count). The first-order chi connectivity index (χ1) is 10.5. The molecule has 1 fully saturated rings. The Hall–Kier alpha value is -2.25. The van der Waals surface area contributed by atoms with E-state index in [0.29, 0.717) is 25.9 Å². The average Bonchev–Trinajstić information content (AvgIpc) is 2.88. The number of aryl methyl sites for hydroxylation is 1. The lowest BCUT2D eigenvalue weighted by molar-refractivity contribution is -0.119. The van der Waals surface area contributed by atoms with E-state index in [4.69, 9.17) is 0 Å². The number of amides is 1. The van der Waals surface area contributed by atoms with Crippen LogP contribution >= 0.6 is 0 Å². The van der Waals surface area contributed by atoms with Crippen molar-refractivity contribution in [1.82, 2.24) is 24.8 Å². The predicted octanol–water partition coefficient (Wildman–Crippen LogP) is 0.808. The van der Waals surface area contributed by atoms with E-state index in [1.807, 2.05) is 16.5 Å². The highest BCUT2D eigenvalue weighted by Crippen LogP contribution is 2.30. The Morgan fingerprint density at radius 3 is 2.77 bits per heavy atom. The van der Waals surface area contributed by atoms with Crippen molar-refractivity contribution in [1.29, 1.82) is 0 Å². The van der Waals surface area contributed by atoms with Crippen LogP contribution in [0.5, 0.6) is 0 Å². The molecular weight excluding hydrogens is 287 g/mol. The van der Waals surface area contributed by atoms with Crippen LogP contribution in [0.15, 0.2) is 12.7 Å². The third-order valence-electron chi connectivity index (χ3n) is 4.09. The summed E-state index contributed by atoms with van der Waals surface area (Å²) in [6, 6.07) is 0. The van der Waals surface area contributed by atoms with Crippen molar-refractivity contribution in [3.05, 3.63) is 12.7 Å². The molecule has 1 amide bonds. The molecule has 0 spiro atoms. The van der Waals surface area contributed by atoms with Crippen LogP contribution in [-0.2, 0) is 11.8 Å². The highest BCUT2D eigenvalue weighted by Gasteiger charge is 2.35. The number of hydrogen-bond acceptors (Lipinski definition) is 5. The number of nitrogens with one attached hydrogen (secondary N) is 1. The Labute approximate surface area is 127 Å². The SMILES string of the molecule is CC(=O)NCC1(F)CCN(c2ncnc3c2ncn3C)CC1. The lowest BCUT2D eigenvalue weighted by atomic mass is 9.93. The maximum atomic E-state index is 14.6. The molecule has 22 heavy (non-hydrogen) atoms. The smallest absolute Gasteiger partial charge is 0.216 e. The van der Waals surface area contributed by atoms with Crippen molar-refractivity contribution < 1.29 is 9.18 Å². The zero-order valence-corrected chi connectivity index (χ0v) is 12.7. The van der Waals surface area contributed by atoms with Crippen LogP contribution < -0.4 is 10.2 Å². The number of carbonyl (C=O) groups is 1. The number of carbonyl (C=O) groups excluding carboxylic acids is 1. The van der Waals surface area contributed by atoms with E-state index in [1.54, 1.807) is 6.33 Å². The maximum absolute atomic E-state index is 14.6. The number of piperidine rings is 1. The van der Waals surface area contributed by atoms with Gasteiger partial charge in [0.25, 0.3) is 0 Å². The molecule has 1 N–H and O–H groups in total. The van der Waals surface area contributed by atoms with E-state index >= 15 is 0 Å². The van der Waals surface area contributed by atoms with Gasteiger partial charge in [0.05, 0.1) is 12.9 Å². The van der Waals surface area contributed by atoms with E-state index in [2.05, 4.69) is 20.3 Å². The standard InChI is InChI=1S/C14H19FN6O/c1-10(22)16-7-14(15)3-5-21(6-4-14)13-11-12(17-8-18-13)20(2)9-19-11/h8-9H,3-7H2,1-2H3,(H,16,22). The normalized spacial score (nSPS) is 17.7. The van der Waals surface area contributed by atoms with Gasteiger partial charge in [-0.3, -0.25) is 4.79 Å². The molecule has 118 valence electrons. The van der Waals surface area contributed by atoms with Crippen molar-refractivity contribution in [3.63, 3.8) is 0 Å². The Kier molecular flexibility index (Phi) is 3.67. The zero-order chi connectivity index (χ0) is 15.7. The molecule has 7 nitrogen and oxygen atoms in total. The first kappa shape index (κ1) is 14.7. The van der Waals surface area contributed by atoms with Gasteiger partial charge in [0.2, 0.25) is 5.91 Å². The van der Waals surface area contributed by atoms with Crippen LogP contribution in [0.1, 0.15) is 19.8 Å². The number of alkyl halides is 1. The van der Waals surface area contributed by atoms with Gasteiger partial charge in [-0.25, -0.2) is 19.3 Å². The van der Waals surface area contributed by atoms with Crippen molar-refractivity contribution >= 4 is 22.9 Å². The molecule has 0 aromatic carbocycles. The summed E-state index contributed by atoms with van der Waals surface area (Å²) >= 11 is 0. The van der Waals surface area contributed by atoms with Crippen LogP contribution in [-0.4, -0.2) is 50.7 Å². The summed E-state index contributed by atoms with van der Waals surface area (Å²) in [7, 11) is 1.88. The van der Waals surface area contributed by atoms with E-state index in [-0.39, 0.29) is 12.5 Å². The fourth-order valence-electron chi connectivity index (χ4n) is 2.74. The third-order valence-corrected chi connectivity index (χ3v) is 4.09. The molecule has 1 aliphatic rings. The number of imidazole rings is 1. The van der Waals surface area contributed by atoms with E-state index in [9.17, 15) is 9.18 Å². The minimum absolute atomic E-state index is 0.0684. The summed E-state index contributed by atoms with van der Waals surface area (Å²) in [4.78, 5) is 25.8. The first-order valence-corrected chi connectivity index (χ1v) is 7.29. The molecule has 0 bridgehead atoms. The topological polar surface area (TPSA) is 75.9 Å². The summed E-state index contributed by atoms with van der Waals surface area (Å²) in [6.45, 7) is 2.55. The quantitative estimate of drug-likeness (QED) is 0.908. The Balaban J connectivity index is 1.74. The fraction of sp³-hybridized carbons (Fsp3) is 0.571. The van der Waals surface area contributed by atoms with Crippen LogP contribution in [0, 0.1) is 0 Å². The van der Waals surface area contributed by atoms with Crippen molar-refractivity contribution in [2.45, 2.75) is 25.4 Å². The lowest BCUT2D eigenvalue weighted by Crippen LogP contribution is -2.48. The van der Waals surface area contributed by atoms with Crippen LogP contribution in [0.3, 0.4) is 0 Å². The molecule has 1 saturated heterocycles. The van der Waals surface area contributed by atoms with E-state index < -0.39 is 5.67 Å². The van der Waals surface area contributed by atoms with Crippen molar-refractivity contribution in [3.8, 4) is 0 Å². The van der Waals surface area contributed by atoms with Gasteiger partial charge in [0.1, 0.15) is 12.0 Å². The van der Waals surface area contributed by atoms with E-state index in [0.717, 1.165) is 17.0 Å². The summed E-state index contributed by atoms with van der Waals surface area (Å²) < 4.78 is 16.5. The summed E-state index contributed by atoms with van der Waals surface area (Å²) in [5, 5.41) is 2.57. The fourth-order valence-corrected chi connectivity index (χ4v) is 2.74. The molecule has 0 saturated carbocycles. The van der Waals surface area contributed by atoms with Crippen LogP contribution in [0.4, 0.5) is 10.2 Å². The van der Waals surface area contributed by atoms with Crippen molar-refractivity contribution in [2.24, 2.45) is 7.05 Å². The number of fused-ring (bicyclic) bond motifs is 1. The largest absolute Gasteiger partial charge is 0.354 e. The second-order valence-electron chi connectivity index (χ2n) is 5.77. The Bertz CT molecular complexity index is 692. The van der Waals surface area contributed by atoms with Crippen LogP contribution in [0.2, 0.25) is 0 Å². The molecule has 1 aliphatic heterocycles. The highest BCUT2D eigenvalue weighted by atomic mass is 19.1. The molecule has 0 atom stereocenters. The zero-order valence-electron chi connectivity index (χ0n) is 12.7. The average molecular weight is 306 g/mol. The molecule has 8 heteroatoms. The second kappa shape index (κ2) is 5.51. The van der Waals surface area contributed by atoms with Gasteiger partial charge in [0.15, 0.2) is 17.0 Å². The summed E-state index contributed by atoms with van der Waals surface area (Å²) in [5.41, 5.74) is 0.150. The minimum atomic E-state index is -1.35. The van der Waals surface area contributed by atoms with Gasteiger partial charge in [-0.05, 0) is 0 Å². The highest BCUT2D eigenvalue weighted by molar-refractivity contribution is 5.83. The second-order valence-corrected chi connectivity index (χ2v) is 5.77. The molecule has 2 aromatic heterocycles. The minimum Gasteiger partial charge on any atom is -0.354 e. The van der Waals surface area contributed by atoms with Gasteiger partial charge in [-0.2, -0.15) is 0 Å². The number of rotatable bonds is 3. The molecule has 2 aromatic rings. The van der Waals surface area contributed by atoms with Gasteiger partial charge < -0.3 is 14.8 Å². The van der Waals surface area contributed by atoms with Crippen molar-refractivity contribution in [2.75, 3.05) is 24.5 Å². The van der Waals surface area contributed by atoms with Crippen LogP contribution in [0.25, 0.3) is 11.2 Å². The molecular formula is C14H19FN6O. The Morgan fingerprint density at radius 2 is 2.09 bits per heavy atom. The Morgan fingerprint density at radius 1 is 1.36 bits per heavy atom. The van der Waals surface area contributed by atoms with E-state index in [1.165, 1.54) is 13.3 Å². The third kappa shape index (κ3) is 2.72. The first-order valence-electron chi connectivity index (χ1n) is 7.29. The maximum Gasteiger partial charge on any atom is 0.216 e.